The SMILES string of the molecule is CCC1(Cn2c(Cc3cc(F)c(-c4cccc(OCc5ccc(C)cc5F)n4)cc3F)nc3ccc(C(O)O)cc32)CC1. The van der Waals surface area contributed by atoms with Crippen molar-refractivity contribution in [3.05, 3.63) is 112 Å². The first-order valence-electron chi connectivity index (χ1n) is 14.3. The predicted molar refractivity (Wildman–Crippen MR) is 157 cm³/mol. The van der Waals surface area contributed by atoms with Crippen LogP contribution in [0.2, 0.25) is 0 Å². The molecule has 0 radical (unpaired) electrons. The van der Waals surface area contributed by atoms with Crippen molar-refractivity contribution in [1.82, 2.24) is 14.5 Å². The van der Waals surface area contributed by atoms with Crippen LogP contribution >= 0.6 is 0 Å². The molecule has 2 heterocycles. The van der Waals surface area contributed by atoms with E-state index in [2.05, 4.69) is 11.9 Å². The van der Waals surface area contributed by atoms with Gasteiger partial charge in [-0.3, -0.25) is 0 Å². The van der Waals surface area contributed by atoms with Crippen molar-refractivity contribution < 1.29 is 28.1 Å². The van der Waals surface area contributed by atoms with E-state index in [1.807, 2.05) is 4.57 Å². The van der Waals surface area contributed by atoms with E-state index in [0.717, 1.165) is 36.4 Å². The average molecular weight is 588 g/mol. The molecule has 43 heavy (non-hydrogen) atoms. The highest BCUT2D eigenvalue weighted by atomic mass is 19.1. The Morgan fingerprint density at radius 3 is 2.42 bits per heavy atom. The summed E-state index contributed by atoms with van der Waals surface area (Å²) in [5, 5.41) is 19.4. The van der Waals surface area contributed by atoms with Gasteiger partial charge in [-0.15, -0.1) is 0 Å². The second-order valence-corrected chi connectivity index (χ2v) is 11.4. The minimum Gasteiger partial charge on any atom is -0.473 e. The van der Waals surface area contributed by atoms with Gasteiger partial charge >= 0.3 is 0 Å². The number of hydrogen-bond acceptors (Lipinski definition) is 5. The fourth-order valence-electron chi connectivity index (χ4n) is 5.45. The summed E-state index contributed by atoms with van der Waals surface area (Å²) in [4.78, 5) is 9.06. The second kappa shape index (κ2) is 11.5. The van der Waals surface area contributed by atoms with Gasteiger partial charge in [-0.1, -0.05) is 31.2 Å². The van der Waals surface area contributed by atoms with Gasteiger partial charge in [-0.05, 0) is 79.1 Å². The maximum atomic E-state index is 15.6. The molecule has 0 aliphatic heterocycles. The van der Waals surface area contributed by atoms with E-state index in [1.54, 1.807) is 55.5 Å². The highest BCUT2D eigenvalue weighted by Crippen LogP contribution is 2.50. The monoisotopic (exact) mass is 587 g/mol. The Labute approximate surface area is 247 Å². The van der Waals surface area contributed by atoms with Crippen molar-refractivity contribution >= 4 is 11.0 Å². The van der Waals surface area contributed by atoms with Gasteiger partial charge < -0.3 is 19.5 Å². The van der Waals surface area contributed by atoms with Crippen LogP contribution in [0.3, 0.4) is 0 Å². The normalized spacial score (nSPS) is 14.0. The van der Waals surface area contributed by atoms with Crippen LogP contribution in [0.25, 0.3) is 22.3 Å². The number of aliphatic hydroxyl groups is 2. The molecule has 5 aromatic rings. The maximum absolute atomic E-state index is 15.6. The number of pyridine rings is 1. The zero-order valence-corrected chi connectivity index (χ0v) is 23.9. The van der Waals surface area contributed by atoms with E-state index in [1.165, 1.54) is 12.1 Å². The van der Waals surface area contributed by atoms with Gasteiger partial charge in [0.05, 0.1) is 16.7 Å². The van der Waals surface area contributed by atoms with Crippen molar-refractivity contribution in [1.29, 1.82) is 0 Å². The van der Waals surface area contributed by atoms with Gasteiger partial charge in [0.15, 0.2) is 6.29 Å². The number of rotatable bonds is 10. The molecule has 0 atom stereocenters. The van der Waals surface area contributed by atoms with E-state index >= 15 is 8.78 Å². The quantitative estimate of drug-likeness (QED) is 0.169. The molecule has 1 saturated carbocycles. The number of ether oxygens (including phenoxy) is 1. The smallest absolute Gasteiger partial charge is 0.214 e. The number of nitrogens with zero attached hydrogens (tertiary/aromatic N) is 3. The Morgan fingerprint density at radius 1 is 0.907 bits per heavy atom. The third kappa shape index (κ3) is 6.00. The molecule has 0 spiro atoms. The number of aliphatic hydroxyl groups excluding tert-OH is 1. The number of fused-ring (bicyclic) bond motifs is 1. The van der Waals surface area contributed by atoms with E-state index in [9.17, 15) is 14.6 Å². The lowest BCUT2D eigenvalue weighted by molar-refractivity contribution is -0.0424. The summed E-state index contributed by atoms with van der Waals surface area (Å²) >= 11 is 0. The van der Waals surface area contributed by atoms with Crippen LogP contribution in [-0.2, 0) is 19.6 Å². The van der Waals surface area contributed by atoms with Gasteiger partial charge in [0, 0.05) is 35.7 Å². The molecule has 6 nitrogen and oxygen atoms in total. The summed E-state index contributed by atoms with van der Waals surface area (Å²) in [6.45, 7) is 4.53. The van der Waals surface area contributed by atoms with Crippen LogP contribution < -0.4 is 4.74 Å². The summed E-state index contributed by atoms with van der Waals surface area (Å²) in [5.41, 5.74) is 3.29. The maximum Gasteiger partial charge on any atom is 0.214 e. The molecular formula is C34H32F3N3O3. The molecule has 3 aromatic carbocycles. The van der Waals surface area contributed by atoms with Gasteiger partial charge in [0.2, 0.25) is 5.88 Å². The zero-order chi connectivity index (χ0) is 30.3. The van der Waals surface area contributed by atoms with Crippen molar-refractivity contribution in [2.45, 2.75) is 59.0 Å². The standard InChI is InChI=1S/C34H32F3N3O3/c1-3-34(11-12-34)19-40-30-15-21(33(41)42)9-10-29(30)38-31(40)16-23-14-27(37)24(17-26(23)36)28-5-4-6-32(39-28)43-18-22-8-7-20(2)13-25(22)35/h4-10,13-15,17,33,41-42H,3,11-12,16,18-19H2,1-2H3. The highest BCUT2D eigenvalue weighted by molar-refractivity contribution is 5.77. The predicted octanol–water partition coefficient (Wildman–Crippen LogP) is 7.17. The number of aromatic nitrogens is 3. The Balaban J connectivity index is 1.28. The summed E-state index contributed by atoms with van der Waals surface area (Å²) in [7, 11) is 0. The fraction of sp³-hybridized carbons (Fsp3) is 0.294. The van der Waals surface area contributed by atoms with Crippen molar-refractivity contribution in [2.75, 3.05) is 0 Å². The highest BCUT2D eigenvalue weighted by Gasteiger charge is 2.41. The molecule has 9 heteroatoms. The first kappa shape index (κ1) is 28.9. The topological polar surface area (TPSA) is 80.4 Å². The van der Waals surface area contributed by atoms with Gasteiger partial charge in [0.1, 0.15) is 29.9 Å². The molecule has 0 bridgehead atoms. The molecule has 2 N–H and O–H groups in total. The number of imidazole rings is 1. The Morgan fingerprint density at radius 2 is 1.70 bits per heavy atom. The minimum atomic E-state index is -1.63. The lowest BCUT2D eigenvalue weighted by atomic mass is 10.0. The Hall–Kier alpha value is -4.21. The molecule has 1 aliphatic rings. The van der Waals surface area contributed by atoms with Crippen molar-refractivity contribution in [2.24, 2.45) is 5.41 Å². The van der Waals surface area contributed by atoms with Crippen LogP contribution in [0.5, 0.6) is 5.88 Å². The Bertz CT molecular complexity index is 1810. The molecule has 2 aromatic heterocycles. The molecule has 1 aliphatic carbocycles. The average Bonchev–Trinajstić information content (AvgIpc) is 3.69. The number of benzene rings is 3. The minimum absolute atomic E-state index is 0.0220. The van der Waals surface area contributed by atoms with Crippen LogP contribution in [0, 0.1) is 29.8 Å². The first-order valence-corrected chi connectivity index (χ1v) is 14.3. The summed E-state index contributed by atoms with van der Waals surface area (Å²) < 4.78 is 52.9. The van der Waals surface area contributed by atoms with Crippen LogP contribution in [0.15, 0.2) is 66.7 Å². The zero-order valence-electron chi connectivity index (χ0n) is 23.9. The van der Waals surface area contributed by atoms with Gasteiger partial charge in [-0.25, -0.2) is 23.1 Å². The summed E-state index contributed by atoms with van der Waals surface area (Å²) in [6.07, 6.45) is 1.53. The molecule has 0 amide bonds. The number of halogens is 3. The third-order valence-electron chi connectivity index (χ3n) is 8.42. The number of aryl methyl sites for hydroxylation is 1. The molecule has 0 unspecified atom stereocenters. The van der Waals surface area contributed by atoms with Crippen LogP contribution in [0.1, 0.15) is 60.6 Å². The summed E-state index contributed by atoms with van der Waals surface area (Å²) in [6, 6.07) is 16.9. The Kier molecular flexibility index (Phi) is 7.70. The largest absolute Gasteiger partial charge is 0.473 e. The lowest BCUT2D eigenvalue weighted by Crippen LogP contribution is -2.14. The van der Waals surface area contributed by atoms with E-state index < -0.39 is 17.9 Å². The second-order valence-electron chi connectivity index (χ2n) is 11.4. The molecule has 0 saturated heterocycles. The summed E-state index contributed by atoms with van der Waals surface area (Å²) in [5.74, 6) is -0.907. The fourth-order valence-corrected chi connectivity index (χ4v) is 5.45. The van der Waals surface area contributed by atoms with Gasteiger partial charge in [0.25, 0.3) is 0 Å². The molecule has 1 fully saturated rings. The number of hydrogen-bond donors (Lipinski definition) is 2. The van der Waals surface area contributed by atoms with E-state index in [4.69, 9.17) is 9.72 Å². The van der Waals surface area contributed by atoms with E-state index in [-0.39, 0.29) is 47.0 Å². The first-order chi connectivity index (χ1) is 20.6. The van der Waals surface area contributed by atoms with Crippen molar-refractivity contribution in [3.63, 3.8) is 0 Å². The lowest BCUT2D eigenvalue weighted by Gasteiger charge is -2.17. The van der Waals surface area contributed by atoms with Crippen LogP contribution in [-0.4, -0.2) is 24.7 Å². The molecule has 6 rings (SSSR count). The van der Waals surface area contributed by atoms with E-state index in [0.29, 0.717) is 29.0 Å². The molecular weight excluding hydrogens is 555 g/mol. The van der Waals surface area contributed by atoms with Crippen LogP contribution in [0.4, 0.5) is 13.2 Å². The van der Waals surface area contributed by atoms with Gasteiger partial charge in [-0.2, -0.15) is 0 Å². The van der Waals surface area contributed by atoms with Crippen molar-refractivity contribution in [3.8, 4) is 17.1 Å². The molecule has 222 valence electrons. The third-order valence-corrected chi connectivity index (χ3v) is 8.42.